The van der Waals surface area contributed by atoms with E-state index in [9.17, 15) is 0 Å². The number of hydrogen-bond acceptors (Lipinski definition) is 2. The van der Waals surface area contributed by atoms with Gasteiger partial charge in [-0.1, -0.05) is 33.6 Å². The van der Waals surface area contributed by atoms with Crippen LogP contribution in [0.5, 0.6) is 0 Å². The monoisotopic (exact) mass is 226 g/mol. The highest BCUT2D eigenvalue weighted by molar-refractivity contribution is 4.85. The van der Waals surface area contributed by atoms with E-state index in [1.165, 1.54) is 51.7 Å². The number of nitrogens with zero attached hydrogens (tertiary/aromatic N) is 1. The fraction of sp³-hybridized carbons (Fsp3) is 1.00. The summed E-state index contributed by atoms with van der Waals surface area (Å²) < 4.78 is 0. The summed E-state index contributed by atoms with van der Waals surface area (Å²) in [7, 11) is 0. The lowest BCUT2D eigenvalue weighted by Crippen LogP contribution is -2.51. The van der Waals surface area contributed by atoms with Crippen LogP contribution >= 0.6 is 0 Å². The highest BCUT2D eigenvalue weighted by atomic mass is 15.2. The topological polar surface area (TPSA) is 15.3 Å². The molecule has 0 saturated carbocycles. The van der Waals surface area contributed by atoms with Crippen molar-refractivity contribution in [3.8, 4) is 0 Å². The first-order valence-electron chi connectivity index (χ1n) is 7.27. The molecule has 0 aromatic rings. The van der Waals surface area contributed by atoms with E-state index < -0.39 is 0 Å². The lowest BCUT2D eigenvalue weighted by Gasteiger charge is -2.39. The molecule has 0 radical (unpaired) electrons. The summed E-state index contributed by atoms with van der Waals surface area (Å²) in [6.07, 6.45) is 6.86. The minimum atomic E-state index is 0.747. The fourth-order valence-electron chi connectivity index (χ4n) is 2.89. The van der Waals surface area contributed by atoms with Crippen LogP contribution in [0.15, 0.2) is 0 Å². The molecule has 1 aliphatic rings. The Kier molecular flexibility index (Phi) is 7.06. The number of nitrogens with one attached hydrogen (secondary N) is 1. The molecule has 2 heteroatoms. The third kappa shape index (κ3) is 4.42. The fourth-order valence-corrected chi connectivity index (χ4v) is 2.89. The summed E-state index contributed by atoms with van der Waals surface area (Å²) in [6, 6.07) is 0.747. The molecule has 0 aromatic heterocycles. The third-order valence-electron chi connectivity index (χ3n) is 3.77. The molecule has 96 valence electrons. The van der Waals surface area contributed by atoms with Crippen LogP contribution in [-0.4, -0.2) is 37.1 Å². The first-order chi connectivity index (χ1) is 7.81. The average molecular weight is 226 g/mol. The van der Waals surface area contributed by atoms with Gasteiger partial charge in [0.1, 0.15) is 0 Å². The van der Waals surface area contributed by atoms with E-state index >= 15 is 0 Å². The third-order valence-corrected chi connectivity index (χ3v) is 3.77. The van der Waals surface area contributed by atoms with Crippen LogP contribution < -0.4 is 5.32 Å². The summed E-state index contributed by atoms with van der Waals surface area (Å²) >= 11 is 0. The molecule has 1 heterocycles. The van der Waals surface area contributed by atoms with Crippen LogP contribution in [0, 0.1) is 5.92 Å². The van der Waals surface area contributed by atoms with Gasteiger partial charge < -0.3 is 10.2 Å². The Balaban J connectivity index is 2.39. The molecule has 0 aliphatic carbocycles. The highest BCUT2D eigenvalue weighted by Gasteiger charge is 2.27. The minimum Gasteiger partial charge on any atom is -0.313 e. The maximum Gasteiger partial charge on any atom is 0.0223 e. The van der Waals surface area contributed by atoms with Gasteiger partial charge in [-0.25, -0.2) is 0 Å². The van der Waals surface area contributed by atoms with Gasteiger partial charge in [0.05, 0.1) is 0 Å². The molecule has 1 fully saturated rings. The Bertz CT molecular complexity index is 170. The predicted molar refractivity (Wildman–Crippen MR) is 71.8 cm³/mol. The number of likely N-dealkylation sites (N-methyl/N-ethyl adjacent to an activating group) is 1. The highest BCUT2D eigenvalue weighted by Crippen LogP contribution is 2.23. The van der Waals surface area contributed by atoms with Crippen molar-refractivity contribution in [1.29, 1.82) is 0 Å². The molecule has 1 saturated heterocycles. The van der Waals surface area contributed by atoms with E-state index in [0.717, 1.165) is 18.5 Å². The average Bonchev–Trinajstić information content (AvgIpc) is 2.29. The van der Waals surface area contributed by atoms with Crippen molar-refractivity contribution in [2.24, 2.45) is 5.92 Å². The van der Waals surface area contributed by atoms with Crippen molar-refractivity contribution in [2.75, 3.05) is 26.2 Å². The van der Waals surface area contributed by atoms with Gasteiger partial charge in [-0.2, -0.15) is 0 Å². The van der Waals surface area contributed by atoms with E-state index in [2.05, 4.69) is 31.0 Å². The van der Waals surface area contributed by atoms with E-state index in [-0.39, 0.29) is 0 Å². The Labute approximate surface area is 102 Å². The van der Waals surface area contributed by atoms with E-state index in [0.29, 0.717) is 0 Å². The van der Waals surface area contributed by atoms with Crippen LogP contribution in [0.3, 0.4) is 0 Å². The Hall–Kier alpha value is -0.0800. The van der Waals surface area contributed by atoms with E-state index in [1.54, 1.807) is 0 Å². The first kappa shape index (κ1) is 14.0. The molecular formula is C14H30N2. The maximum atomic E-state index is 3.69. The van der Waals surface area contributed by atoms with Crippen LogP contribution in [0.4, 0.5) is 0 Å². The van der Waals surface area contributed by atoms with Gasteiger partial charge in [0, 0.05) is 12.6 Å². The molecule has 0 spiro atoms. The summed E-state index contributed by atoms with van der Waals surface area (Å²) in [5.41, 5.74) is 0. The van der Waals surface area contributed by atoms with Crippen molar-refractivity contribution in [2.45, 2.75) is 58.9 Å². The second-order valence-corrected chi connectivity index (χ2v) is 5.16. The molecular weight excluding hydrogens is 196 g/mol. The van der Waals surface area contributed by atoms with Crippen LogP contribution in [0.25, 0.3) is 0 Å². The molecule has 2 atom stereocenters. The minimum absolute atomic E-state index is 0.747. The van der Waals surface area contributed by atoms with Gasteiger partial charge in [0.2, 0.25) is 0 Å². The van der Waals surface area contributed by atoms with Crippen molar-refractivity contribution in [1.82, 2.24) is 10.2 Å². The first-order valence-corrected chi connectivity index (χ1v) is 7.27. The normalized spacial score (nSPS) is 27.2. The zero-order chi connectivity index (χ0) is 11.8. The summed E-state index contributed by atoms with van der Waals surface area (Å²) in [5.74, 6) is 0.924. The Morgan fingerprint density at radius 2 is 2.00 bits per heavy atom. The molecule has 1 rings (SSSR count). The van der Waals surface area contributed by atoms with Crippen molar-refractivity contribution >= 4 is 0 Å². The molecule has 16 heavy (non-hydrogen) atoms. The Morgan fingerprint density at radius 3 is 2.62 bits per heavy atom. The van der Waals surface area contributed by atoms with E-state index in [4.69, 9.17) is 0 Å². The van der Waals surface area contributed by atoms with Gasteiger partial charge in [0.15, 0.2) is 0 Å². The van der Waals surface area contributed by atoms with Crippen LogP contribution in [-0.2, 0) is 0 Å². The van der Waals surface area contributed by atoms with Gasteiger partial charge in [-0.3, -0.25) is 0 Å². The summed E-state index contributed by atoms with van der Waals surface area (Å²) in [5, 5.41) is 3.69. The molecule has 1 N–H and O–H groups in total. The number of unbranched alkanes of at least 4 members (excludes halogenated alkanes) is 1. The zero-order valence-electron chi connectivity index (χ0n) is 11.5. The van der Waals surface area contributed by atoms with Crippen LogP contribution in [0.2, 0.25) is 0 Å². The van der Waals surface area contributed by atoms with E-state index in [1.807, 2.05) is 0 Å². The van der Waals surface area contributed by atoms with Gasteiger partial charge in [-0.15, -0.1) is 0 Å². The summed E-state index contributed by atoms with van der Waals surface area (Å²) in [4.78, 5) is 2.63. The number of rotatable bonds is 7. The molecule has 0 unspecified atom stereocenters. The lowest BCUT2D eigenvalue weighted by atomic mass is 9.87. The van der Waals surface area contributed by atoms with Crippen molar-refractivity contribution in [3.05, 3.63) is 0 Å². The zero-order valence-corrected chi connectivity index (χ0v) is 11.5. The second kappa shape index (κ2) is 8.08. The summed E-state index contributed by atoms with van der Waals surface area (Å²) in [6.45, 7) is 11.8. The lowest BCUT2D eigenvalue weighted by molar-refractivity contribution is 0.135. The quantitative estimate of drug-likeness (QED) is 0.718. The number of likely N-dealkylation sites (tertiary alicyclic amines) is 1. The largest absolute Gasteiger partial charge is 0.313 e. The van der Waals surface area contributed by atoms with Gasteiger partial charge in [-0.05, 0) is 44.8 Å². The van der Waals surface area contributed by atoms with Crippen molar-refractivity contribution < 1.29 is 0 Å². The van der Waals surface area contributed by atoms with Crippen molar-refractivity contribution in [3.63, 3.8) is 0 Å². The predicted octanol–water partition coefficient (Wildman–Crippen LogP) is 2.89. The Morgan fingerprint density at radius 1 is 1.19 bits per heavy atom. The molecule has 2 nitrogen and oxygen atoms in total. The molecule has 0 aromatic carbocycles. The second-order valence-electron chi connectivity index (χ2n) is 5.16. The van der Waals surface area contributed by atoms with Gasteiger partial charge >= 0.3 is 0 Å². The number of piperidine rings is 1. The number of hydrogen-bond donors (Lipinski definition) is 1. The standard InChI is InChI=1S/C14H30N2/c1-4-7-8-13-9-11-16(10-5-2)12-14(13)15-6-3/h13-15H,4-12H2,1-3H3/t13-,14-/m1/s1. The molecule has 1 aliphatic heterocycles. The molecule has 0 amide bonds. The smallest absolute Gasteiger partial charge is 0.0223 e. The van der Waals surface area contributed by atoms with Gasteiger partial charge in [0.25, 0.3) is 0 Å². The molecule has 0 bridgehead atoms. The van der Waals surface area contributed by atoms with Crippen LogP contribution in [0.1, 0.15) is 52.9 Å². The SMILES string of the molecule is CCCC[C@@H]1CCN(CCC)C[C@H]1NCC. The maximum absolute atomic E-state index is 3.69.